The molecule has 9 heteroatoms. The summed E-state index contributed by atoms with van der Waals surface area (Å²) in [4.78, 5) is 11.0. The molecule has 0 atom stereocenters. The Kier molecular flexibility index (Phi) is 2.97. The van der Waals surface area contributed by atoms with Crippen LogP contribution in [0.5, 0.6) is 0 Å². The Balaban J connectivity index is 2.42. The molecule has 0 saturated carbocycles. The van der Waals surface area contributed by atoms with Crippen molar-refractivity contribution in [1.82, 2.24) is 4.90 Å². The van der Waals surface area contributed by atoms with Crippen molar-refractivity contribution in [3.05, 3.63) is 0 Å². The summed E-state index contributed by atoms with van der Waals surface area (Å²) in [5.41, 5.74) is 0. The number of hydrogen-bond acceptors (Lipinski definition) is 4. The zero-order chi connectivity index (χ0) is 11.9. The van der Waals surface area contributed by atoms with Crippen molar-refractivity contribution < 1.29 is 30.6 Å². The van der Waals surface area contributed by atoms with Crippen LogP contribution in [0.3, 0.4) is 0 Å². The van der Waals surface area contributed by atoms with Crippen LogP contribution >= 0.6 is 0 Å². The van der Waals surface area contributed by atoms with Crippen LogP contribution in [0.2, 0.25) is 0 Å². The summed E-state index contributed by atoms with van der Waals surface area (Å²) in [7, 11) is -3.69. The molecule has 0 aromatic rings. The van der Waals surface area contributed by atoms with Gasteiger partial charge in [-0.15, -0.1) is 0 Å². The van der Waals surface area contributed by atoms with Crippen LogP contribution in [-0.2, 0) is 19.1 Å². The van der Waals surface area contributed by atoms with E-state index in [1.54, 1.807) is 0 Å². The van der Waals surface area contributed by atoms with Crippen molar-refractivity contribution >= 4 is 16.0 Å². The molecule has 1 heterocycles. The molecule has 88 valence electrons. The maximum absolute atomic E-state index is 11.8. The number of likely N-dealkylation sites (tertiary alicyclic amines) is 1. The molecule has 1 amide bonds. The second-order valence-corrected chi connectivity index (χ2v) is 4.73. The van der Waals surface area contributed by atoms with E-state index in [-0.39, 0.29) is 13.1 Å². The van der Waals surface area contributed by atoms with Gasteiger partial charge in [0.2, 0.25) is 0 Å². The Morgan fingerprint density at radius 3 is 2.20 bits per heavy atom. The lowest BCUT2D eigenvalue weighted by Crippen LogP contribution is -2.58. The van der Waals surface area contributed by atoms with Crippen LogP contribution in [0.1, 0.15) is 0 Å². The Hall–Kier alpha value is -0.830. The fourth-order valence-electron chi connectivity index (χ4n) is 1.09. The summed E-state index contributed by atoms with van der Waals surface area (Å²) in [6.45, 7) is -0.711. The van der Waals surface area contributed by atoms with Gasteiger partial charge in [0.15, 0.2) is 0 Å². The largest absolute Gasteiger partial charge is 0.471 e. The van der Waals surface area contributed by atoms with Crippen LogP contribution in [0.25, 0.3) is 0 Å². The van der Waals surface area contributed by atoms with Gasteiger partial charge in [-0.2, -0.15) is 21.6 Å². The van der Waals surface area contributed by atoms with Gasteiger partial charge in [-0.05, 0) is 0 Å². The van der Waals surface area contributed by atoms with Crippen LogP contribution in [0, 0.1) is 0 Å². The Morgan fingerprint density at radius 2 is 1.87 bits per heavy atom. The van der Waals surface area contributed by atoms with E-state index in [0.29, 0.717) is 4.90 Å². The van der Waals surface area contributed by atoms with Gasteiger partial charge in [-0.25, -0.2) is 0 Å². The van der Waals surface area contributed by atoms with Gasteiger partial charge >= 0.3 is 12.1 Å². The van der Waals surface area contributed by atoms with Crippen LogP contribution in [-0.4, -0.2) is 50.9 Å². The van der Waals surface area contributed by atoms with Crippen molar-refractivity contribution in [2.75, 3.05) is 19.3 Å². The number of carbonyl (C=O) groups excluding carboxylic acids is 1. The number of nitrogens with zero attached hydrogens (tertiary/aromatic N) is 1. The van der Waals surface area contributed by atoms with Crippen molar-refractivity contribution in [3.63, 3.8) is 0 Å². The van der Waals surface area contributed by atoms with E-state index < -0.39 is 28.3 Å². The minimum absolute atomic E-state index is 0.356. The fraction of sp³-hybridized carbons (Fsp3) is 0.833. The first-order valence-corrected chi connectivity index (χ1v) is 5.65. The molecule has 0 radical (unpaired) electrons. The highest BCUT2D eigenvalue weighted by Crippen LogP contribution is 2.23. The number of amides is 1. The molecule has 0 unspecified atom stereocenters. The van der Waals surface area contributed by atoms with E-state index >= 15 is 0 Å². The summed E-state index contributed by atoms with van der Waals surface area (Å²) in [5.74, 6) is -1.98. The zero-order valence-corrected chi connectivity index (χ0v) is 8.43. The van der Waals surface area contributed by atoms with Gasteiger partial charge in [0.05, 0.1) is 19.3 Å². The second-order valence-electron chi connectivity index (χ2n) is 3.13. The molecule has 1 saturated heterocycles. The zero-order valence-electron chi connectivity index (χ0n) is 7.61. The van der Waals surface area contributed by atoms with E-state index in [1.165, 1.54) is 0 Å². The molecule has 1 rings (SSSR count). The average Bonchev–Trinajstić information content (AvgIpc) is 1.90. The van der Waals surface area contributed by atoms with Gasteiger partial charge in [-0.1, -0.05) is 0 Å². The lowest BCUT2D eigenvalue weighted by molar-refractivity contribution is -0.193. The van der Waals surface area contributed by atoms with E-state index in [9.17, 15) is 26.4 Å². The number of rotatable bonds is 2. The lowest BCUT2D eigenvalue weighted by Gasteiger charge is -2.37. The van der Waals surface area contributed by atoms with E-state index in [1.807, 2.05) is 0 Å². The minimum atomic E-state index is -4.92. The van der Waals surface area contributed by atoms with Crippen molar-refractivity contribution in [1.29, 1.82) is 0 Å². The Bertz CT molecular complexity index is 357. The highest BCUT2D eigenvalue weighted by molar-refractivity contribution is 7.86. The van der Waals surface area contributed by atoms with E-state index in [4.69, 9.17) is 0 Å². The number of alkyl halides is 3. The third kappa shape index (κ3) is 3.34. The predicted octanol–water partition coefficient (Wildman–Crippen LogP) is -0.264. The van der Waals surface area contributed by atoms with Crippen molar-refractivity contribution in [3.8, 4) is 0 Å². The fourth-order valence-corrected chi connectivity index (χ4v) is 1.71. The first-order chi connectivity index (χ1) is 6.59. The molecule has 0 aliphatic carbocycles. The van der Waals surface area contributed by atoms with Gasteiger partial charge < -0.3 is 4.90 Å². The molecule has 1 aliphatic rings. The monoisotopic (exact) mass is 247 g/mol. The molecule has 1 fully saturated rings. The molecule has 0 bridgehead atoms. The highest BCUT2D eigenvalue weighted by atomic mass is 32.2. The number of hydrogen-bond donors (Lipinski definition) is 0. The Morgan fingerprint density at radius 1 is 1.40 bits per heavy atom. The highest BCUT2D eigenvalue weighted by Gasteiger charge is 2.47. The van der Waals surface area contributed by atoms with Gasteiger partial charge in [0.1, 0.15) is 6.10 Å². The number of halogens is 3. The maximum atomic E-state index is 11.8. The second kappa shape index (κ2) is 3.63. The number of carbonyl (C=O) groups is 1. The topological polar surface area (TPSA) is 63.7 Å². The van der Waals surface area contributed by atoms with Crippen LogP contribution in [0.4, 0.5) is 13.2 Å². The molecule has 15 heavy (non-hydrogen) atoms. The van der Waals surface area contributed by atoms with Gasteiger partial charge in [0.25, 0.3) is 10.1 Å². The Labute approximate surface area is 83.9 Å². The van der Waals surface area contributed by atoms with Crippen LogP contribution < -0.4 is 0 Å². The van der Waals surface area contributed by atoms with Gasteiger partial charge in [0, 0.05) is 0 Å². The summed E-state index contributed by atoms with van der Waals surface area (Å²) in [6, 6.07) is 0. The minimum Gasteiger partial charge on any atom is -0.329 e. The predicted molar refractivity (Wildman–Crippen MR) is 42.4 cm³/mol. The standard InChI is InChI=1S/C6H8F3NO4S/c1-15(12,13)14-4-2-10(3-4)5(11)6(7,8)9/h4H,2-3H2,1H3. The third-order valence-electron chi connectivity index (χ3n) is 1.69. The van der Waals surface area contributed by atoms with E-state index in [0.717, 1.165) is 6.26 Å². The van der Waals surface area contributed by atoms with Crippen LogP contribution in [0.15, 0.2) is 0 Å². The molecule has 0 N–H and O–H groups in total. The smallest absolute Gasteiger partial charge is 0.329 e. The summed E-state index contributed by atoms with van der Waals surface area (Å²) in [6.07, 6.45) is -5.00. The maximum Gasteiger partial charge on any atom is 0.471 e. The lowest BCUT2D eigenvalue weighted by atomic mass is 10.2. The first kappa shape index (κ1) is 12.2. The average molecular weight is 247 g/mol. The summed E-state index contributed by atoms with van der Waals surface area (Å²) < 4.78 is 61.0. The molecule has 5 nitrogen and oxygen atoms in total. The van der Waals surface area contributed by atoms with E-state index in [2.05, 4.69) is 4.18 Å². The summed E-state index contributed by atoms with van der Waals surface area (Å²) >= 11 is 0. The molecule has 0 aromatic heterocycles. The quantitative estimate of drug-likeness (QED) is 0.630. The molecule has 0 spiro atoms. The third-order valence-corrected chi connectivity index (χ3v) is 2.31. The SMILES string of the molecule is CS(=O)(=O)OC1CN(C(=O)C(F)(F)F)C1. The molecular formula is C6H8F3NO4S. The van der Waals surface area contributed by atoms with Gasteiger partial charge in [-0.3, -0.25) is 8.98 Å². The molecular weight excluding hydrogens is 239 g/mol. The molecule has 1 aliphatic heterocycles. The van der Waals surface area contributed by atoms with Crippen molar-refractivity contribution in [2.45, 2.75) is 12.3 Å². The first-order valence-electron chi connectivity index (χ1n) is 3.84. The summed E-state index contributed by atoms with van der Waals surface area (Å²) in [5, 5.41) is 0. The van der Waals surface area contributed by atoms with Crippen molar-refractivity contribution in [2.24, 2.45) is 0 Å². The normalized spacial score (nSPS) is 18.8. The molecule has 0 aromatic carbocycles.